The summed E-state index contributed by atoms with van der Waals surface area (Å²) < 4.78 is 5.40. The molecule has 5 nitrogen and oxygen atoms in total. The minimum Gasteiger partial charge on any atom is -0.379 e. The van der Waals surface area contributed by atoms with E-state index < -0.39 is 0 Å². The first-order valence-electron chi connectivity index (χ1n) is 9.45. The normalized spacial score (nSPS) is 14.7. The summed E-state index contributed by atoms with van der Waals surface area (Å²) in [5, 5.41) is 2.76. The average molecular weight is 394 g/mol. The van der Waals surface area contributed by atoms with Gasteiger partial charge in [0.2, 0.25) is 5.91 Å². The second-order valence-electron chi connectivity index (χ2n) is 6.74. The summed E-state index contributed by atoms with van der Waals surface area (Å²) in [5.41, 5.74) is 3.05. The van der Waals surface area contributed by atoms with Crippen LogP contribution in [0.4, 0.5) is 5.13 Å². The lowest BCUT2D eigenvalue weighted by molar-refractivity contribution is -0.120. The highest BCUT2D eigenvalue weighted by atomic mass is 32.1. The summed E-state index contributed by atoms with van der Waals surface area (Å²) >= 11 is 1.51. The first kappa shape index (κ1) is 18.8. The molecular formula is C22H23N3O2S. The Hall–Kier alpha value is -2.54. The molecule has 0 saturated carbocycles. The predicted octanol–water partition coefficient (Wildman–Crippen LogP) is 3.68. The van der Waals surface area contributed by atoms with Gasteiger partial charge in [-0.05, 0) is 5.56 Å². The molecule has 2 aromatic carbocycles. The van der Waals surface area contributed by atoms with Crippen molar-refractivity contribution in [2.75, 3.05) is 37.7 Å². The molecule has 1 fully saturated rings. The van der Waals surface area contributed by atoms with E-state index in [-0.39, 0.29) is 5.91 Å². The van der Waals surface area contributed by atoms with Crippen LogP contribution in [0.15, 0.2) is 66.0 Å². The zero-order valence-electron chi connectivity index (χ0n) is 15.7. The van der Waals surface area contributed by atoms with E-state index in [9.17, 15) is 4.79 Å². The Balaban J connectivity index is 1.57. The number of morpholine rings is 1. The number of rotatable bonds is 6. The van der Waals surface area contributed by atoms with Gasteiger partial charge in [-0.25, -0.2) is 4.98 Å². The minimum atomic E-state index is 0.0692. The lowest BCUT2D eigenvalue weighted by atomic mass is 10.2. The van der Waals surface area contributed by atoms with Crippen LogP contribution in [-0.2, 0) is 16.1 Å². The van der Waals surface area contributed by atoms with Gasteiger partial charge in [0.05, 0.1) is 32.0 Å². The molecule has 0 atom stereocenters. The highest BCUT2D eigenvalue weighted by Crippen LogP contribution is 2.28. The van der Waals surface area contributed by atoms with Gasteiger partial charge >= 0.3 is 0 Å². The predicted molar refractivity (Wildman–Crippen MR) is 112 cm³/mol. The van der Waals surface area contributed by atoms with Gasteiger partial charge in [-0.2, -0.15) is 0 Å². The molecule has 2 heterocycles. The molecule has 0 N–H and O–H groups in total. The van der Waals surface area contributed by atoms with Gasteiger partial charge in [-0.1, -0.05) is 60.7 Å². The molecule has 144 valence electrons. The number of ether oxygens (including phenoxy) is 1. The van der Waals surface area contributed by atoms with Gasteiger partial charge < -0.3 is 4.74 Å². The van der Waals surface area contributed by atoms with Crippen LogP contribution in [-0.4, -0.2) is 48.6 Å². The van der Waals surface area contributed by atoms with E-state index in [0.29, 0.717) is 26.3 Å². The zero-order valence-corrected chi connectivity index (χ0v) is 16.5. The number of benzene rings is 2. The summed E-state index contributed by atoms with van der Waals surface area (Å²) in [4.78, 5) is 21.9. The van der Waals surface area contributed by atoms with Crippen molar-refractivity contribution in [3.8, 4) is 11.3 Å². The molecule has 1 aromatic heterocycles. The minimum absolute atomic E-state index is 0.0692. The first-order valence-corrected chi connectivity index (χ1v) is 10.3. The smallest absolute Gasteiger partial charge is 0.243 e. The maximum absolute atomic E-state index is 13.2. The molecule has 0 unspecified atom stereocenters. The number of hydrogen-bond acceptors (Lipinski definition) is 5. The topological polar surface area (TPSA) is 45.7 Å². The van der Waals surface area contributed by atoms with Gasteiger partial charge in [0.25, 0.3) is 0 Å². The van der Waals surface area contributed by atoms with Crippen molar-refractivity contribution >= 4 is 22.4 Å². The summed E-state index contributed by atoms with van der Waals surface area (Å²) in [6.07, 6.45) is 0. The van der Waals surface area contributed by atoms with Crippen LogP contribution < -0.4 is 4.90 Å². The number of thiazole rings is 1. The van der Waals surface area contributed by atoms with Crippen LogP contribution in [0.25, 0.3) is 11.3 Å². The van der Waals surface area contributed by atoms with E-state index in [4.69, 9.17) is 9.72 Å². The number of aromatic nitrogens is 1. The van der Waals surface area contributed by atoms with Gasteiger partial charge in [-0.3, -0.25) is 14.6 Å². The molecule has 28 heavy (non-hydrogen) atoms. The molecule has 1 aliphatic rings. The Kier molecular flexibility index (Phi) is 6.11. The fourth-order valence-electron chi connectivity index (χ4n) is 3.19. The number of hydrogen-bond donors (Lipinski definition) is 0. The van der Waals surface area contributed by atoms with E-state index in [2.05, 4.69) is 4.90 Å². The first-order chi connectivity index (χ1) is 13.8. The van der Waals surface area contributed by atoms with Crippen LogP contribution >= 0.6 is 11.3 Å². The van der Waals surface area contributed by atoms with Crippen molar-refractivity contribution < 1.29 is 9.53 Å². The van der Waals surface area contributed by atoms with E-state index in [0.717, 1.165) is 35.0 Å². The average Bonchev–Trinajstić information content (AvgIpc) is 3.24. The van der Waals surface area contributed by atoms with Crippen LogP contribution in [0.1, 0.15) is 5.56 Å². The van der Waals surface area contributed by atoms with Gasteiger partial charge in [0.15, 0.2) is 5.13 Å². The van der Waals surface area contributed by atoms with Crippen molar-refractivity contribution in [2.24, 2.45) is 0 Å². The van der Waals surface area contributed by atoms with Crippen LogP contribution in [0.3, 0.4) is 0 Å². The molecule has 0 bridgehead atoms. The molecular weight excluding hydrogens is 370 g/mol. The summed E-state index contributed by atoms with van der Waals surface area (Å²) in [6.45, 7) is 3.85. The Morgan fingerprint density at radius 1 is 1.04 bits per heavy atom. The summed E-state index contributed by atoms with van der Waals surface area (Å²) in [5.74, 6) is 0.0692. The van der Waals surface area contributed by atoms with Crippen LogP contribution in [0.5, 0.6) is 0 Å². The van der Waals surface area contributed by atoms with Gasteiger partial charge in [0, 0.05) is 24.0 Å². The van der Waals surface area contributed by atoms with E-state index in [1.165, 1.54) is 11.3 Å². The standard InChI is InChI=1S/C22H23N3O2S/c26-21(16-24-11-13-27-14-12-24)25(15-18-7-3-1-4-8-18)22-23-20(17-28-22)19-9-5-2-6-10-19/h1-10,17H,11-16H2. The Morgan fingerprint density at radius 3 is 2.43 bits per heavy atom. The Morgan fingerprint density at radius 2 is 1.71 bits per heavy atom. The molecule has 1 amide bonds. The number of amides is 1. The van der Waals surface area contributed by atoms with Crippen molar-refractivity contribution in [2.45, 2.75) is 6.54 Å². The third-order valence-electron chi connectivity index (χ3n) is 4.74. The van der Waals surface area contributed by atoms with Gasteiger partial charge in [0.1, 0.15) is 0 Å². The summed E-state index contributed by atoms with van der Waals surface area (Å²) in [7, 11) is 0. The quantitative estimate of drug-likeness (QED) is 0.641. The van der Waals surface area contributed by atoms with Crippen molar-refractivity contribution in [3.63, 3.8) is 0 Å². The Bertz CT molecular complexity index is 892. The van der Waals surface area contributed by atoms with Crippen LogP contribution in [0, 0.1) is 0 Å². The van der Waals surface area contributed by atoms with E-state index >= 15 is 0 Å². The van der Waals surface area contributed by atoms with Crippen LogP contribution in [0.2, 0.25) is 0 Å². The molecule has 3 aromatic rings. The molecule has 1 aliphatic heterocycles. The molecule has 0 radical (unpaired) electrons. The fraction of sp³-hybridized carbons (Fsp3) is 0.273. The van der Waals surface area contributed by atoms with Crippen molar-refractivity contribution in [3.05, 3.63) is 71.6 Å². The molecule has 0 spiro atoms. The number of anilines is 1. The number of carbonyl (C=O) groups is 1. The van der Waals surface area contributed by atoms with E-state index in [1.54, 1.807) is 0 Å². The monoisotopic (exact) mass is 393 g/mol. The van der Waals surface area contributed by atoms with Crippen molar-refractivity contribution in [1.82, 2.24) is 9.88 Å². The van der Waals surface area contributed by atoms with Gasteiger partial charge in [-0.15, -0.1) is 11.3 Å². The second-order valence-corrected chi connectivity index (χ2v) is 7.57. The largest absolute Gasteiger partial charge is 0.379 e. The summed E-state index contributed by atoms with van der Waals surface area (Å²) in [6, 6.07) is 20.1. The Labute approximate surface area is 169 Å². The highest BCUT2D eigenvalue weighted by Gasteiger charge is 2.23. The zero-order chi connectivity index (χ0) is 19.2. The SMILES string of the molecule is O=C(CN1CCOCC1)N(Cc1ccccc1)c1nc(-c2ccccc2)cs1. The number of carbonyl (C=O) groups excluding carboxylic acids is 1. The highest BCUT2D eigenvalue weighted by molar-refractivity contribution is 7.14. The molecule has 1 saturated heterocycles. The maximum Gasteiger partial charge on any atom is 0.243 e. The third kappa shape index (κ3) is 4.65. The lowest BCUT2D eigenvalue weighted by Gasteiger charge is -2.28. The number of nitrogens with zero attached hydrogens (tertiary/aromatic N) is 3. The fourth-order valence-corrected chi connectivity index (χ4v) is 4.04. The lowest BCUT2D eigenvalue weighted by Crippen LogP contribution is -2.44. The third-order valence-corrected chi connectivity index (χ3v) is 5.60. The molecule has 6 heteroatoms. The molecule has 4 rings (SSSR count). The van der Waals surface area contributed by atoms with E-state index in [1.807, 2.05) is 70.9 Å². The molecule has 0 aliphatic carbocycles. The van der Waals surface area contributed by atoms with Crippen molar-refractivity contribution in [1.29, 1.82) is 0 Å². The second kappa shape index (κ2) is 9.10. The maximum atomic E-state index is 13.2.